The molecule has 0 aromatic heterocycles. The highest BCUT2D eigenvalue weighted by Gasteiger charge is 2.90. The topological polar surface area (TPSA) is 98.6 Å². The van der Waals surface area contributed by atoms with Crippen molar-refractivity contribution < 1.29 is 74.2 Å². The SMILES string of the molecule is N.O=S(=O)(O)OCCC(F)(F)C(F)(F)C(F)(F)C(F)(F)C(F)(F)C(F)(F)F. The Balaban J connectivity index is 0. The Morgan fingerprint density at radius 3 is 1.30 bits per heavy atom. The van der Waals surface area contributed by atoms with Crippen molar-refractivity contribution in [2.45, 2.75) is 42.2 Å². The summed E-state index contributed by atoms with van der Waals surface area (Å²) in [4.78, 5) is 0. The Kier molecular flexibility index (Phi) is 7.70. The maximum Gasteiger partial charge on any atom is 0.460 e. The van der Waals surface area contributed by atoms with Crippen LogP contribution < -0.4 is 6.15 Å². The summed E-state index contributed by atoms with van der Waals surface area (Å²) in [5, 5.41) is 0. The normalized spacial score (nSPS) is 15.5. The molecule has 0 spiro atoms. The Morgan fingerprint density at radius 2 is 1.00 bits per heavy atom. The van der Waals surface area contributed by atoms with Gasteiger partial charge in [-0.2, -0.15) is 65.5 Å². The average Bonchev–Trinajstić information content (AvgIpc) is 2.34. The second-order valence-corrected chi connectivity index (χ2v) is 5.59. The summed E-state index contributed by atoms with van der Waals surface area (Å²) in [5.74, 6) is -37.8. The molecule has 0 radical (unpaired) electrons. The molecule has 0 heterocycles. The van der Waals surface area contributed by atoms with Crippen LogP contribution >= 0.6 is 0 Å². The summed E-state index contributed by atoms with van der Waals surface area (Å²) in [6.45, 7) is -2.24. The summed E-state index contributed by atoms with van der Waals surface area (Å²) in [5.41, 5.74) is 0. The number of alkyl halides is 13. The number of hydrogen-bond acceptors (Lipinski definition) is 4. The van der Waals surface area contributed by atoms with Crippen molar-refractivity contribution in [3.8, 4) is 0 Å². The molecule has 0 aliphatic carbocycles. The molecule has 166 valence electrons. The number of halogens is 13. The van der Waals surface area contributed by atoms with E-state index in [9.17, 15) is 65.5 Å². The van der Waals surface area contributed by atoms with Crippen LogP contribution in [-0.2, 0) is 14.6 Å². The fraction of sp³-hybridized carbons (Fsp3) is 1.00. The maximum atomic E-state index is 13.1. The Hall–Kier alpha value is -1.08. The lowest BCUT2D eigenvalue weighted by Crippen LogP contribution is -2.70. The van der Waals surface area contributed by atoms with Crippen LogP contribution in [-0.4, -0.2) is 55.4 Å². The van der Waals surface area contributed by atoms with E-state index in [0.29, 0.717) is 0 Å². The van der Waals surface area contributed by atoms with Crippen LogP contribution in [0.3, 0.4) is 0 Å². The maximum absolute atomic E-state index is 13.1. The standard InChI is InChI=1S/C8H5F13O4S.H3N/c9-3(10,1-2-25-26(22,23)24)4(11,12)5(13,14)6(15,16)7(17,18)8(19,20)21;/h1-2H2,(H,22,23,24);1H3. The summed E-state index contributed by atoms with van der Waals surface area (Å²) in [7, 11) is -5.58. The van der Waals surface area contributed by atoms with E-state index >= 15 is 0 Å². The molecule has 0 aromatic carbocycles. The third kappa shape index (κ3) is 4.86. The second-order valence-electron chi connectivity index (χ2n) is 4.50. The summed E-state index contributed by atoms with van der Waals surface area (Å²) < 4.78 is 195. The van der Waals surface area contributed by atoms with Crippen LogP contribution in [0.15, 0.2) is 0 Å². The Morgan fingerprint density at radius 1 is 0.667 bits per heavy atom. The van der Waals surface area contributed by atoms with Gasteiger partial charge in [0.1, 0.15) is 0 Å². The van der Waals surface area contributed by atoms with Gasteiger partial charge >= 0.3 is 46.2 Å². The molecular weight excluding hydrogens is 453 g/mol. The molecule has 0 atom stereocenters. The van der Waals surface area contributed by atoms with E-state index in [1.54, 1.807) is 0 Å². The highest BCUT2D eigenvalue weighted by molar-refractivity contribution is 7.80. The smallest absolute Gasteiger partial charge is 0.344 e. The van der Waals surface area contributed by atoms with E-state index in [1.807, 2.05) is 0 Å². The minimum atomic E-state index is -8.03. The van der Waals surface area contributed by atoms with Gasteiger partial charge in [0, 0.05) is 6.42 Å². The van der Waals surface area contributed by atoms with Crippen LogP contribution in [0.2, 0.25) is 0 Å². The van der Waals surface area contributed by atoms with Gasteiger partial charge in [-0.1, -0.05) is 0 Å². The molecule has 27 heavy (non-hydrogen) atoms. The zero-order valence-electron chi connectivity index (χ0n) is 12.1. The average molecular weight is 461 g/mol. The largest absolute Gasteiger partial charge is 0.460 e. The zero-order valence-corrected chi connectivity index (χ0v) is 12.9. The van der Waals surface area contributed by atoms with Gasteiger partial charge < -0.3 is 6.15 Å². The molecule has 0 aliphatic heterocycles. The van der Waals surface area contributed by atoms with E-state index in [1.165, 1.54) is 0 Å². The van der Waals surface area contributed by atoms with Gasteiger partial charge in [0.05, 0.1) is 6.61 Å². The van der Waals surface area contributed by atoms with Gasteiger partial charge in [0.15, 0.2) is 0 Å². The first kappa shape index (κ1) is 28.1. The van der Waals surface area contributed by atoms with Crippen molar-refractivity contribution in [2.75, 3.05) is 6.61 Å². The predicted octanol–water partition coefficient (Wildman–Crippen LogP) is 4.10. The molecule has 0 aliphatic rings. The van der Waals surface area contributed by atoms with Crippen molar-refractivity contribution in [1.29, 1.82) is 0 Å². The predicted molar refractivity (Wildman–Crippen MR) is 57.9 cm³/mol. The zero-order chi connectivity index (χ0) is 21.6. The van der Waals surface area contributed by atoms with Gasteiger partial charge in [-0.15, -0.1) is 0 Å². The van der Waals surface area contributed by atoms with Crippen LogP contribution in [0.5, 0.6) is 0 Å². The first-order valence-electron chi connectivity index (χ1n) is 5.53. The Bertz CT molecular complexity index is 614. The minimum Gasteiger partial charge on any atom is -0.344 e. The highest BCUT2D eigenvalue weighted by atomic mass is 32.3. The fourth-order valence-corrected chi connectivity index (χ4v) is 1.53. The first-order chi connectivity index (χ1) is 11.0. The van der Waals surface area contributed by atoms with E-state index in [0.717, 1.165) is 0 Å². The van der Waals surface area contributed by atoms with Gasteiger partial charge in [-0.25, -0.2) is 4.18 Å². The lowest BCUT2D eigenvalue weighted by molar-refractivity contribution is -0.440. The van der Waals surface area contributed by atoms with Crippen molar-refractivity contribution in [1.82, 2.24) is 6.15 Å². The summed E-state index contributed by atoms with van der Waals surface area (Å²) in [6.07, 6.45) is -10.4. The lowest BCUT2D eigenvalue weighted by atomic mass is 9.93. The highest BCUT2D eigenvalue weighted by Crippen LogP contribution is 2.60. The Labute approximate surface area is 141 Å². The fourth-order valence-electron chi connectivity index (χ4n) is 1.23. The molecular formula is C8H8F13NO4S. The molecule has 0 fully saturated rings. The number of rotatable bonds is 8. The molecule has 19 heteroatoms. The van der Waals surface area contributed by atoms with Crippen molar-refractivity contribution >= 4 is 10.4 Å². The summed E-state index contributed by atoms with van der Waals surface area (Å²) >= 11 is 0. The van der Waals surface area contributed by atoms with Crippen LogP contribution in [0.4, 0.5) is 57.1 Å². The van der Waals surface area contributed by atoms with E-state index in [-0.39, 0.29) is 6.15 Å². The molecule has 0 saturated carbocycles. The van der Waals surface area contributed by atoms with Gasteiger partial charge in [0.2, 0.25) is 0 Å². The van der Waals surface area contributed by atoms with Crippen LogP contribution in [0.1, 0.15) is 6.42 Å². The van der Waals surface area contributed by atoms with Gasteiger partial charge in [0.25, 0.3) is 0 Å². The van der Waals surface area contributed by atoms with Gasteiger partial charge in [-0.3, -0.25) is 4.55 Å². The van der Waals surface area contributed by atoms with E-state index in [2.05, 4.69) is 4.18 Å². The second kappa shape index (κ2) is 7.39. The van der Waals surface area contributed by atoms with Crippen molar-refractivity contribution in [3.63, 3.8) is 0 Å². The third-order valence-corrected chi connectivity index (χ3v) is 3.11. The van der Waals surface area contributed by atoms with Crippen LogP contribution in [0.25, 0.3) is 0 Å². The van der Waals surface area contributed by atoms with Crippen LogP contribution in [0, 0.1) is 0 Å². The molecule has 0 unspecified atom stereocenters. The molecule has 0 aromatic rings. The number of hydrogen-bond donors (Lipinski definition) is 2. The van der Waals surface area contributed by atoms with Crippen molar-refractivity contribution in [2.24, 2.45) is 0 Å². The molecule has 0 amide bonds. The quantitative estimate of drug-likeness (QED) is 0.419. The monoisotopic (exact) mass is 461 g/mol. The third-order valence-electron chi connectivity index (χ3n) is 2.65. The van der Waals surface area contributed by atoms with E-state index < -0.39 is 59.2 Å². The van der Waals surface area contributed by atoms with Crippen molar-refractivity contribution in [3.05, 3.63) is 0 Å². The molecule has 0 bridgehead atoms. The molecule has 5 nitrogen and oxygen atoms in total. The molecule has 0 rings (SSSR count). The first-order valence-corrected chi connectivity index (χ1v) is 6.90. The molecule has 0 saturated heterocycles. The summed E-state index contributed by atoms with van der Waals surface area (Å²) in [6, 6.07) is 0. The minimum absolute atomic E-state index is 0. The lowest BCUT2D eigenvalue weighted by Gasteiger charge is -2.39. The molecule has 4 N–H and O–H groups in total. The van der Waals surface area contributed by atoms with E-state index in [4.69, 9.17) is 4.55 Å². The van der Waals surface area contributed by atoms with Gasteiger partial charge in [-0.05, 0) is 0 Å².